The first-order chi connectivity index (χ1) is 26.5. The van der Waals surface area contributed by atoms with Crippen LogP contribution in [0.1, 0.15) is 25.0 Å². The summed E-state index contributed by atoms with van der Waals surface area (Å²) in [6, 6.07) is 62.1. The van der Waals surface area contributed by atoms with E-state index in [9.17, 15) is 0 Å². The van der Waals surface area contributed by atoms with E-state index in [0.29, 0.717) is 0 Å². The number of furan rings is 1. The SMILES string of the molecule is CC1(C)c2ccccc2-c2c1ccc1c2c2ccc(-c3ccc4c(c3)c3cc5c(cc3n4-c3ccccc3)oc3ccccc35)cc2n1-c1ccccc1. The minimum atomic E-state index is -0.0656. The number of hydrogen-bond acceptors (Lipinski definition) is 1. The molecule has 0 N–H and O–H groups in total. The quantitative estimate of drug-likeness (QED) is 0.181. The molecule has 1 aliphatic rings. The summed E-state index contributed by atoms with van der Waals surface area (Å²) < 4.78 is 11.2. The molecule has 0 fully saturated rings. The lowest BCUT2D eigenvalue weighted by Gasteiger charge is -2.21. The predicted octanol–water partition coefficient (Wildman–Crippen LogP) is 13.8. The van der Waals surface area contributed by atoms with Crippen LogP contribution in [-0.2, 0) is 5.41 Å². The van der Waals surface area contributed by atoms with Crippen molar-refractivity contribution in [3.8, 4) is 33.6 Å². The fraction of sp³-hybridized carbons (Fsp3) is 0.0588. The van der Waals surface area contributed by atoms with Gasteiger partial charge in [0.1, 0.15) is 11.2 Å². The molecule has 3 aromatic heterocycles. The third kappa shape index (κ3) is 3.91. The topological polar surface area (TPSA) is 23.0 Å². The van der Waals surface area contributed by atoms with Crippen LogP contribution in [0, 0.1) is 0 Å². The van der Waals surface area contributed by atoms with Gasteiger partial charge in [-0.25, -0.2) is 0 Å². The standard InChI is InChI=1S/C51H34N2O/c1-51(2)41-19-11-9-18-36(41)49-42(51)24-26-44-50(49)37-23-21-32(28-45(37)53(44)34-15-7-4-8-16-34)31-22-25-43-38(27-31)39-29-40-35-17-10-12-20-47(35)54-48(40)30-46(39)52(43)33-13-5-3-6-14-33/h3-30H,1-2H3. The molecule has 3 heteroatoms. The molecule has 0 saturated carbocycles. The summed E-state index contributed by atoms with van der Waals surface area (Å²) in [5.74, 6) is 0. The summed E-state index contributed by atoms with van der Waals surface area (Å²) in [6.07, 6.45) is 0. The molecular weight excluding hydrogens is 657 g/mol. The first kappa shape index (κ1) is 29.7. The summed E-state index contributed by atoms with van der Waals surface area (Å²) in [7, 11) is 0. The number of aromatic nitrogens is 2. The van der Waals surface area contributed by atoms with Crippen molar-refractivity contribution in [2.75, 3.05) is 0 Å². The van der Waals surface area contributed by atoms with Crippen molar-refractivity contribution >= 4 is 65.6 Å². The molecule has 254 valence electrons. The van der Waals surface area contributed by atoms with Crippen LogP contribution in [0.15, 0.2) is 174 Å². The largest absolute Gasteiger partial charge is 0.456 e. The van der Waals surface area contributed by atoms with E-state index in [2.05, 4.69) is 187 Å². The van der Waals surface area contributed by atoms with Gasteiger partial charge in [0, 0.05) is 55.2 Å². The predicted molar refractivity (Wildman–Crippen MR) is 225 cm³/mol. The molecule has 0 atom stereocenters. The van der Waals surface area contributed by atoms with Crippen LogP contribution in [0.4, 0.5) is 0 Å². The van der Waals surface area contributed by atoms with Crippen molar-refractivity contribution in [3.05, 3.63) is 181 Å². The summed E-state index contributed by atoms with van der Waals surface area (Å²) >= 11 is 0. The molecular formula is C51H34N2O. The van der Waals surface area contributed by atoms with Gasteiger partial charge in [0.2, 0.25) is 0 Å². The lowest BCUT2D eigenvalue weighted by molar-refractivity contribution is 0.661. The zero-order valence-corrected chi connectivity index (χ0v) is 30.0. The molecule has 3 heterocycles. The van der Waals surface area contributed by atoms with Crippen LogP contribution in [0.3, 0.4) is 0 Å². The molecule has 0 saturated heterocycles. The Morgan fingerprint density at radius 3 is 1.85 bits per heavy atom. The van der Waals surface area contributed by atoms with Gasteiger partial charge in [0.25, 0.3) is 0 Å². The Bertz CT molecular complexity index is 3340. The second-order valence-electron chi connectivity index (χ2n) is 15.3. The minimum Gasteiger partial charge on any atom is -0.456 e. The molecule has 0 amide bonds. The van der Waals surface area contributed by atoms with Crippen molar-refractivity contribution in [2.24, 2.45) is 0 Å². The van der Waals surface area contributed by atoms with Gasteiger partial charge >= 0.3 is 0 Å². The highest BCUT2D eigenvalue weighted by atomic mass is 16.3. The van der Waals surface area contributed by atoms with E-state index >= 15 is 0 Å². The highest BCUT2D eigenvalue weighted by Gasteiger charge is 2.37. The zero-order chi connectivity index (χ0) is 35.7. The van der Waals surface area contributed by atoms with Crippen molar-refractivity contribution in [1.82, 2.24) is 9.13 Å². The number of rotatable bonds is 3. The molecule has 0 spiro atoms. The van der Waals surface area contributed by atoms with Crippen LogP contribution in [0.25, 0.3) is 99.2 Å². The minimum absolute atomic E-state index is 0.0656. The van der Waals surface area contributed by atoms with E-state index in [1.807, 2.05) is 6.07 Å². The maximum Gasteiger partial charge on any atom is 0.137 e. The number of nitrogens with zero attached hydrogens (tertiary/aromatic N) is 2. The van der Waals surface area contributed by atoms with Gasteiger partial charge in [-0.15, -0.1) is 0 Å². The summed E-state index contributed by atoms with van der Waals surface area (Å²) in [5.41, 5.74) is 16.7. The van der Waals surface area contributed by atoms with E-state index in [1.54, 1.807) is 0 Å². The highest BCUT2D eigenvalue weighted by molar-refractivity contribution is 6.20. The Labute approximate surface area is 311 Å². The zero-order valence-electron chi connectivity index (χ0n) is 30.0. The summed E-state index contributed by atoms with van der Waals surface area (Å²) in [4.78, 5) is 0. The monoisotopic (exact) mass is 690 g/mol. The first-order valence-electron chi connectivity index (χ1n) is 18.8. The Balaban J connectivity index is 1.14. The molecule has 0 radical (unpaired) electrons. The van der Waals surface area contributed by atoms with Crippen LogP contribution in [0.5, 0.6) is 0 Å². The Morgan fingerprint density at radius 1 is 0.407 bits per heavy atom. The van der Waals surface area contributed by atoms with Crippen molar-refractivity contribution in [1.29, 1.82) is 0 Å². The molecule has 3 nitrogen and oxygen atoms in total. The van der Waals surface area contributed by atoms with Gasteiger partial charge in [-0.2, -0.15) is 0 Å². The van der Waals surface area contributed by atoms with Gasteiger partial charge in [-0.05, 0) is 94.0 Å². The van der Waals surface area contributed by atoms with Gasteiger partial charge in [0.15, 0.2) is 0 Å². The average molecular weight is 691 g/mol. The Kier molecular flexibility index (Phi) is 5.84. The molecule has 11 aromatic rings. The Hall–Kier alpha value is -6.84. The van der Waals surface area contributed by atoms with Crippen LogP contribution >= 0.6 is 0 Å². The second kappa shape index (κ2) is 10.6. The fourth-order valence-corrected chi connectivity index (χ4v) is 9.61. The van der Waals surface area contributed by atoms with Crippen molar-refractivity contribution in [3.63, 3.8) is 0 Å². The third-order valence-corrected chi connectivity index (χ3v) is 12.1. The average Bonchev–Trinajstić information content (AvgIpc) is 3.92. The van der Waals surface area contributed by atoms with Gasteiger partial charge in [-0.3, -0.25) is 0 Å². The number of benzene rings is 8. The lowest BCUT2D eigenvalue weighted by Crippen LogP contribution is -2.14. The maximum absolute atomic E-state index is 6.40. The number of hydrogen-bond donors (Lipinski definition) is 0. The van der Waals surface area contributed by atoms with E-state index in [4.69, 9.17) is 4.42 Å². The van der Waals surface area contributed by atoms with Crippen molar-refractivity contribution < 1.29 is 4.42 Å². The second-order valence-corrected chi connectivity index (χ2v) is 15.3. The fourth-order valence-electron chi connectivity index (χ4n) is 9.61. The molecule has 12 rings (SSSR count). The van der Waals surface area contributed by atoms with E-state index < -0.39 is 0 Å². The molecule has 0 aliphatic heterocycles. The maximum atomic E-state index is 6.40. The normalized spacial score (nSPS) is 13.5. The number of para-hydroxylation sites is 3. The molecule has 0 bridgehead atoms. The number of fused-ring (bicyclic) bond motifs is 13. The van der Waals surface area contributed by atoms with E-state index in [-0.39, 0.29) is 5.41 Å². The van der Waals surface area contributed by atoms with Gasteiger partial charge in [-0.1, -0.05) is 117 Å². The molecule has 8 aromatic carbocycles. The highest BCUT2D eigenvalue weighted by Crippen LogP contribution is 2.53. The van der Waals surface area contributed by atoms with E-state index in [1.165, 1.54) is 71.5 Å². The van der Waals surface area contributed by atoms with Gasteiger partial charge < -0.3 is 13.6 Å². The van der Waals surface area contributed by atoms with E-state index in [0.717, 1.165) is 38.8 Å². The van der Waals surface area contributed by atoms with Crippen molar-refractivity contribution in [2.45, 2.75) is 19.3 Å². The Morgan fingerprint density at radius 2 is 1.04 bits per heavy atom. The van der Waals surface area contributed by atoms with Gasteiger partial charge in [0.05, 0.1) is 22.1 Å². The molecule has 0 unspecified atom stereocenters. The summed E-state index contributed by atoms with van der Waals surface area (Å²) in [5, 5.41) is 7.32. The molecule has 1 aliphatic carbocycles. The van der Waals surface area contributed by atoms with Crippen LogP contribution in [-0.4, -0.2) is 9.13 Å². The van der Waals surface area contributed by atoms with Crippen LogP contribution in [0.2, 0.25) is 0 Å². The summed E-state index contributed by atoms with van der Waals surface area (Å²) in [6.45, 7) is 4.73. The first-order valence-corrected chi connectivity index (χ1v) is 18.8. The van der Waals surface area contributed by atoms with Crippen LogP contribution < -0.4 is 0 Å². The lowest BCUT2D eigenvalue weighted by atomic mass is 9.82. The molecule has 54 heavy (non-hydrogen) atoms. The third-order valence-electron chi connectivity index (χ3n) is 12.1. The smallest absolute Gasteiger partial charge is 0.137 e.